The summed E-state index contributed by atoms with van der Waals surface area (Å²) in [5.41, 5.74) is 3.02. The van der Waals surface area contributed by atoms with E-state index in [0.29, 0.717) is 11.1 Å². The number of nitrogens with zero attached hydrogens (tertiary/aromatic N) is 1. The summed E-state index contributed by atoms with van der Waals surface area (Å²) in [7, 11) is 0. The number of hydrogen-bond acceptors (Lipinski definition) is 4. The Kier molecular flexibility index (Phi) is 4.19. The zero-order valence-corrected chi connectivity index (χ0v) is 12.7. The summed E-state index contributed by atoms with van der Waals surface area (Å²) in [5, 5.41) is 0.856. The molecular formula is C18H16N2O3. The number of ether oxygens (including phenoxy) is 1. The molecule has 2 heterocycles. The van der Waals surface area contributed by atoms with Crippen molar-refractivity contribution in [3.8, 4) is 0 Å². The Balaban J connectivity index is 1.75. The average Bonchev–Trinajstić information content (AvgIpc) is 3.04. The number of para-hydroxylation sites is 1. The molecule has 0 fully saturated rings. The zero-order chi connectivity index (χ0) is 16.2. The lowest BCUT2D eigenvalue weighted by molar-refractivity contribution is 0.0475. The van der Waals surface area contributed by atoms with Gasteiger partial charge in [0.1, 0.15) is 0 Å². The molecule has 2 aromatic heterocycles. The van der Waals surface area contributed by atoms with Crippen LogP contribution in [0, 0.1) is 0 Å². The topological polar surface area (TPSA) is 72.1 Å². The Morgan fingerprint density at radius 2 is 1.96 bits per heavy atom. The van der Waals surface area contributed by atoms with Crippen LogP contribution in [0.1, 0.15) is 33.2 Å². The van der Waals surface area contributed by atoms with Crippen LogP contribution < -0.4 is 0 Å². The molecule has 0 spiro atoms. The smallest absolute Gasteiger partial charge is 0.338 e. The number of carbonyl (C=O) groups is 2. The highest BCUT2D eigenvalue weighted by Gasteiger charge is 2.16. The summed E-state index contributed by atoms with van der Waals surface area (Å²) in [6.07, 6.45) is 5.56. The Labute approximate surface area is 133 Å². The molecule has 0 bridgehead atoms. The number of benzene rings is 1. The number of ketones is 1. The number of pyridine rings is 1. The lowest BCUT2D eigenvalue weighted by Crippen LogP contribution is -2.14. The van der Waals surface area contributed by atoms with Crippen molar-refractivity contribution in [1.82, 2.24) is 9.97 Å². The molecule has 0 aliphatic carbocycles. The van der Waals surface area contributed by atoms with E-state index in [9.17, 15) is 9.59 Å². The Hall–Kier alpha value is -2.95. The predicted octanol–water partition coefficient (Wildman–Crippen LogP) is 3.17. The summed E-state index contributed by atoms with van der Waals surface area (Å²) in [4.78, 5) is 31.2. The molecule has 5 heteroatoms. The molecule has 0 aliphatic rings. The number of aromatic amines is 1. The molecule has 23 heavy (non-hydrogen) atoms. The van der Waals surface area contributed by atoms with E-state index in [4.69, 9.17) is 4.74 Å². The molecular weight excluding hydrogens is 292 g/mol. The number of Topliss-reactive ketones (excluding diaryl/α,β-unsaturated/α-hetero) is 1. The van der Waals surface area contributed by atoms with Crippen molar-refractivity contribution in [2.24, 2.45) is 0 Å². The first kappa shape index (κ1) is 15.0. The second kappa shape index (κ2) is 6.44. The fourth-order valence-corrected chi connectivity index (χ4v) is 2.52. The van der Waals surface area contributed by atoms with Crippen molar-refractivity contribution in [1.29, 1.82) is 0 Å². The molecule has 0 radical (unpaired) electrons. The van der Waals surface area contributed by atoms with Crippen LogP contribution in [-0.4, -0.2) is 28.3 Å². The number of rotatable bonds is 5. The van der Waals surface area contributed by atoms with Crippen molar-refractivity contribution in [3.05, 3.63) is 65.6 Å². The molecule has 5 nitrogen and oxygen atoms in total. The zero-order valence-electron chi connectivity index (χ0n) is 12.7. The number of carbonyl (C=O) groups excluding carboxylic acids is 2. The largest absolute Gasteiger partial charge is 0.454 e. The molecule has 0 atom stereocenters. The minimum Gasteiger partial charge on any atom is -0.454 e. The summed E-state index contributed by atoms with van der Waals surface area (Å²) in [6, 6.07) is 8.94. The molecule has 0 unspecified atom stereocenters. The number of fused-ring (bicyclic) bond motifs is 1. The third-order valence-corrected chi connectivity index (χ3v) is 3.73. The standard InChI is InChI=1S/C18H16N2O3/c1-2-12-4-3-5-14-15(10-20-17(12)14)16(21)11-23-18(22)13-6-8-19-9-7-13/h3-10,20H,2,11H2,1H3. The molecule has 0 saturated heterocycles. The Morgan fingerprint density at radius 3 is 2.70 bits per heavy atom. The number of esters is 1. The van der Waals surface area contributed by atoms with Crippen molar-refractivity contribution in [2.45, 2.75) is 13.3 Å². The Morgan fingerprint density at radius 1 is 1.17 bits per heavy atom. The number of hydrogen-bond donors (Lipinski definition) is 1. The molecule has 3 aromatic rings. The number of aryl methyl sites for hydroxylation is 1. The average molecular weight is 308 g/mol. The quantitative estimate of drug-likeness (QED) is 0.580. The van der Waals surface area contributed by atoms with E-state index >= 15 is 0 Å². The van der Waals surface area contributed by atoms with Crippen LogP contribution in [0.15, 0.2) is 48.9 Å². The first-order valence-corrected chi connectivity index (χ1v) is 7.40. The molecule has 116 valence electrons. The number of aromatic nitrogens is 2. The summed E-state index contributed by atoms with van der Waals surface area (Å²) >= 11 is 0. The third kappa shape index (κ3) is 2.99. The van der Waals surface area contributed by atoms with Gasteiger partial charge >= 0.3 is 5.97 Å². The van der Waals surface area contributed by atoms with Gasteiger partial charge in [-0.25, -0.2) is 4.79 Å². The van der Waals surface area contributed by atoms with Crippen molar-refractivity contribution in [2.75, 3.05) is 6.61 Å². The van der Waals surface area contributed by atoms with Gasteiger partial charge < -0.3 is 9.72 Å². The SMILES string of the molecule is CCc1cccc2c(C(=O)COC(=O)c3ccncc3)c[nH]c12. The lowest BCUT2D eigenvalue weighted by Gasteiger charge is -2.04. The second-order valence-electron chi connectivity index (χ2n) is 5.13. The fourth-order valence-electron chi connectivity index (χ4n) is 2.52. The number of H-pyrrole nitrogens is 1. The van der Waals surface area contributed by atoms with Gasteiger partial charge in [0.05, 0.1) is 5.56 Å². The molecule has 0 aliphatic heterocycles. The van der Waals surface area contributed by atoms with Crippen LogP contribution >= 0.6 is 0 Å². The maximum Gasteiger partial charge on any atom is 0.338 e. The van der Waals surface area contributed by atoms with Crippen molar-refractivity contribution < 1.29 is 14.3 Å². The normalized spacial score (nSPS) is 10.7. The van der Waals surface area contributed by atoms with Gasteiger partial charge in [0.15, 0.2) is 6.61 Å². The summed E-state index contributed by atoms with van der Waals surface area (Å²) in [5.74, 6) is -0.762. The molecule has 0 saturated carbocycles. The van der Waals surface area contributed by atoms with Crippen LogP contribution in [0.3, 0.4) is 0 Å². The maximum atomic E-state index is 12.3. The van der Waals surface area contributed by atoms with Gasteiger partial charge in [-0.2, -0.15) is 0 Å². The molecule has 0 amide bonds. The van der Waals surface area contributed by atoms with Gasteiger partial charge in [-0.05, 0) is 24.1 Å². The second-order valence-corrected chi connectivity index (χ2v) is 5.13. The van der Waals surface area contributed by atoms with Crippen molar-refractivity contribution in [3.63, 3.8) is 0 Å². The highest BCUT2D eigenvalue weighted by Crippen LogP contribution is 2.22. The van der Waals surface area contributed by atoms with E-state index in [0.717, 1.165) is 22.9 Å². The van der Waals surface area contributed by atoms with Crippen LogP contribution in [-0.2, 0) is 11.2 Å². The number of nitrogens with one attached hydrogen (secondary N) is 1. The van der Waals surface area contributed by atoms with E-state index in [2.05, 4.69) is 16.9 Å². The van der Waals surface area contributed by atoms with Gasteiger partial charge in [-0.15, -0.1) is 0 Å². The van der Waals surface area contributed by atoms with E-state index < -0.39 is 5.97 Å². The van der Waals surface area contributed by atoms with E-state index in [1.165, 1.54) is 12.4 Å². The predicted molar refractivity (Wildman–Crippen MR) is 86.5 cm³/mol. The maximum absolute atomic E-state index is 12.3. The van der Waals surface area contributed by atoms with E-state index in [-0.39, 0.29) is 12.4 Å². The van der Waals surface area contributed by atoms with Crippen LogP contribution in [0.2, 0.25) is 0 Å². The minimum absolute atomic E-state index is 0.230. The van der Waals surface area contributed by atoms with E-state index in [1.54, 1.807) is 18.3 Å². The summed E-state index contributed by atoms with van der Waals surface area (Å²) in [6.45, 7) is 1.78. The van der Waals surface area contributed by atoms with Gasteiger partial charge in [0.2, 0.25) is 5.78 Å². The van der Waals surface area contributed by atoms with Gasteiger partial charge in [0.25, 0.3) is 0 Å². The molecule has 1 N–H and O–H groups in total. The van der Waals surface area contributed by atoms with Crippen LogP contribution in [0.25, 0.3) is 10.9 Å². The van der Waals surface area contributed by atoms with Gasteiger partial charge in [-0.1, -0.05) is 25.1 Å². The molecule has 1 aromatic carbocycles. The highest BCUT2D eigenvalue weighted by atomic mass is 16.5. The third-order valence-electron chi connectivity index (χ3n) is 3.73. The summed E-state index contributed by atoms with van der Waals surface area (Å²) < 4.78 is 5.09. The monoisotopic (exact) mass is 308 g/mol. The Bertz CT molecular complexity index is 853. The first-order chi connectivity index (χ1) is 11.2. The molecule has 3 rings (SSSR count). The lowest BCUT2D eigenvalue weighted by atomic mass is 10.1. The highest BCUT2D eigenvalue weighted by molar-refractivity contribution is 6.09. The first-order valence-electron chi connectivity index (χ1n) is 7.40. The van der Waals surface area contributed by atoms with Gasteiger partial charge in [0, 0.05) is 35.1 Å². The van der Waals surface area contributed by atoms with E-state index in [1.807, 2.05) is 18.2 Å². The fraction of sp³-hybridized carbons (Fsp3) is 0.167. The minimum atomic E-state index is -0.533. The van der Waals surface area contributed by atoms with Gasteiger partial charge in [-0.3, -0.25) is 9.78 Å². The van der Waals surface area contributed by atoms with Crippen LogP contribution in [0.4, 0.5) is 0 Å². The van der Waals surface area contributed by atoms with Crippen LogP contribution in [0.5, 0.6) is 0 Å². The van der Waals surface area contributed by atoms with Crippen molar-refractivity contribution >= 4 is 22.7 Å².